The molecule has 11 heteroatoms. The molecule has 0 spiro atoms. The van der Waals surface area contributed by atoms with E-state index >= 15 is 0 Å². The molecular formula is C15H14N4O6S. The Balaban J connectivity index is 1.96. The number of carbonyl (C=O) groups excluding carboxylic acids is 1. The molecule has 1 aliphatic rings. The zero-order chi connectivity index (χ0) is 18.9. The van der Waals surface area contributed by atoms with Crippen LogP contribution in [0.2, 0.25) is 0 Å². The third kappa shape index (κ3) is 3.43. The first-order valence-corrected chi connectivity index (χ1v) is 8.84. The number of benzene rings is 2. The highest BCUT2D eigenvalue weighted by molar-refractivity contribution is 7.89. The Kier molecular flexibility index (Phi) is 4.49. The van der Waals surface area contributed by atoms with Crippen LogP contribution in [0.25, 0.3) is 0 Å². The molecule has 2 aromatic rings. The number of hydrogen-bond donors (Lipinski definition) is 3. The minimum Gasteiger partial charge on any atom is -0.482 e. The lowest BCUT2D eigenvalue weighted by molar-refractivity contribution is -0.384. The molecule has 136 valence electrons. The van der Waals surface area contributed by atoms with Crippen molar-refractivity contribution in [2.24, 2.45) is 0 Å². The monoisotopic (exact) mass is 378 g/mol. The van der Waals surface area contributed by atoms with Crippen molar-refractivity contribution in [2.75, 3.05) is 24.3 Å². The molecule has 1 amide bonds. The summed E-state index contributed by atoms with van der Waals surface area (Å²) in [7, 11) is -2.59. The van der Waals surface area contributed by atoms with Gasteiger partial charge in [0.25, 0.3) is 11.6 Å². The molecule has 1 heterocycles. The van der Waals surface area contributed by atoms with E-state index in [9.17, 15) is 23.3 Å². The van der Waals surface area contributed by atoms with Crippen molar-refractivity contribution in [1.82, 2.24) is 4.72 Å². The van der Waals surface area contributed by atoms with Crippen LogP contribution in [-0.2, 0) is 14.8 Å². The van der Waals surface area contributed by atoms with E-state index < -0.39 is 20.6 Å². The van der Waals surface area contributed by atoms with Crippen LogP contribution >= 0.6 is 0 Å². The molecule has 0 fully saturated rings. The number of carbonyl (C=O) groups is 1. The van der Waals surface area contributed by atoms with Gasteiger partial charge in [-0.1, -0.05) is 0 Å². The Morgan fingerprint density at radius 2 is 2.00 bits per heavy atom. The van der Waals surface area contributed by atoms with Crippen LogP contribution in [0.3, 0.4) is 0 Å². The summed E-state index contributed by atoms with van der Waals surface area (Å²) in [5, 5.41) is 16.8. The van der Waals surface area contributed by atoms with E-state index in [0.717, 1.165) is 6.07 Å². The SMILES string of the molecule is CNS(=O)(=O)c1ccc(Nc2ccc3c(c2)NC(=O)CO3)c([N+](=O)[O-])c1. The van der Waals surface area contributed by atoms with Crippen LogP contribution in [0, 0.1) is 10.1 Å². The quantitative estimate of drug-likeness (QED) is 0.530. The van der Waals surface area contributed by atoms with E-state index in [2.05, 4.69) is 15.4 Å². The lowest BCUT2D eigenvalue weighted by atomic mass is 10.2. The first kappa shape index (κ1) is 17.6. The Hall–Kier alpha value is -3.18. The van der Waals surface area contributed by atoms with Crippen LogP contribution in [0.15, 0.2) is 41.3 Å². The number of anilines is 3. The van der Waals surface area contributed by atoms with Crippen LogP contribution in [0.4, 0.5) is 22.7 Å². The molecule has 0 saturated carbocycles. The number of nitro benzene ring substituents is 1. The molecule has 0 atom stereocenters. The summed E-state index contributed by atoms with van der Waals surface area (Å²) in [6.45, 7) is -0.0767. The third-order valence-corrected chi connectivity index (χ3v) is 5.05. The predicted octanol–water partition coefficient (Wildman–Crippen LogP) is 1.58. The standard InChI is InChI=1S/C15H14N4O6S/c1-16-26(23,24)10-3-4-11(13(7-10)19(21)22)17-9-2-5-14-12(6-9)18-15(20)8-25-14/h2-7,16-17H,8H2,1H3,(H,18,20). The summed E-state index contributed by atoms with van der Waals surface area (Å²) in [5.41, 5.74) is 0.595. The molecule has 2 aromatic carbocycles. The predicted molar refractivity (Wildman–Crippen MR) is 93.2 cm³/mol. The highest BCUT2D eigenvalue weighted by Gasteiger charge is 2.21. The summed E-state index contributed by atoms with van der Waals surface area (Å²) in [6, 6.07) is 8.33. The van der Waals surface area contributed by atoms with E-state index in [1.165, 1.54) is 19.2 Å². The van der Waals surface area contributed by atoms with Crippen molar-refractivity contribution in [3.05, 3.63) is 46.5 Å². The van der Waals surface area contributed by atoms with Crippen molar-refractivity contribution in [1.29, 1.82) is 0 Å². The zero-order valence-corrected chi connectivity index (χ0v) is 14.3. The van der Waals surface area contributed by atoms with Crippen molar-refractivity contribution in [3.8, 4) is 5.75 Å². The molecule has 0 bridgehead atoms. The molecular weight excluding hydrogens is 364 g/mol. The van der Waals surface area contributed by atoms with Gasteiger partial charge in [0.05, 0.1) is 15.5 Å². The maximum atomic E-state index is 11.8. The van der Waals surface area contributed by atoms with E-state index in [1.807, 2.05) is 0 Å². The van der Waals surface area contributed by atoms with Crippen LogP contribution in [-0.4, -0.2) is 32.9 Å². The highest BCUT2D eigenvalue weighted by Crippen LogP contribution is 2.34. The third-order valence-electron chi connectivity index (χ3n) is 3.64. The smallest absolute Gasteiger partial charge is 0.294 e. The second kappa shape index (κ2) is 6.61. The average Bonchev–Trinajstić information content (AvgIpc) is 2.61. The van der Waals surface area contributed by atoms with Crippen molar-refractivity contribution < 1.29 is 22.9 Å². The molecule has 0 saturated heterocycles. The second-order valence-corrected chi connectivity index (χ2v) is 7.20. The average molecular weight is 378 g/mol. The fourth-order valence-corrected chi connectivity index (χ4v) is 3.12. The van der Waals surface area contributed by atoms with Gasteiger partial charge in [0.2, 0.25) is 10.0 Å². The summed E-state index contributed by atoms with van der Waals surface area (Å²) in [4.78, 5) is 21.8. The maximum Gasteiger partial charge on any atom is 0.294 e. The second-order valence-electron chi connectivity index (χ2n) is 5.32. The fraction of sp³-hybridized carbons (Fsp3) is 0.133. The molecule has 10 nitrogen and oxygen atoms in total. The van der Waals surface area contributed by atoms with Crippen LogP contribution in [0.5, 0.6) is 5.75 Å². The minimum atomic E-state index is -3.81. The maximum absolute atomic E-state index is 11.8. The van der Waals surface area contributed by atoms with Gasteiger partial charge in [0, 0.05) is 11.8 Å². The van der Waals surface area contributed by atoms with Gasteiger partial charge in [-0.15, -0.1) is 0 Å². The van der Waals surface area contributed by atoms with E-state index in [-0.39, 0.29) is 23.1 Å². The first-order valence-electron chi connectivity index (χ1n) is 7.36. The summed E-state index contributed by atoms with van der Waals surface area (Å²) < 4.78 is 31.0. The number of ether oxygens (including phenoxy) is 1. The summed E-state index contributed by atoms with van der Waals surface area (Å²) in [5.74, 6) is 0.183. The Morgan fingerprint density at radius 3 is 2.69 bits per heavy atom. The van der Waals surface area contributed by atoms with Crippen molar-refractivity contribution >= 4 is 38.7 Å². The lowest BCUT2D eigenvalue weighted by Gasteiger charge is -2.19. The molecule has 1 aliphatic heterocycles. The topological polar surface area (TPSA) is 140 Å². The van der Waals surface area contributed by atoms with Gasteiger partial charge in [0.15, 0.2) is 6.61 Å². The molecule has 26 heavy (non-hydrogen) atoms. The molecule has 3 rings (SSSR count). The van der Waals surface area contributed by atoms with Crippen molar-refractivity contribution in [2.45, 2.75) is 4.90 Å². The van der Waals surface area contributed by atoms with E-state index in [1.54, 1.807) is 18.2 Å². The van der Waals surface area contributed by atoms with Gasteiger partial charge in [-0.05, 0) is 37.4 Å². The molecule has 3 N–H and O–H groups in total. The fourth-order valence-electron chi connectivity index (χ4n) is 2.37. The van der Waals surface area contributed by atoms with Gasteiger partial charge in [0.1, 0.15) is 11.4 Å². The number of hydrogen-bond acceptors (Lipinski definition) is 7. The Bertz CT molecular complexity index is 1010. The number of nitrogens with one attached hydrogen (secondary N) is 3. The number of nitro groups is 1. The molecule has 0 aromatic heterocycles. The number of fused-ring (bicyclic) bond motifs is 1. The van der Waals surface area contributed by atoms with Gasteiger partial charge in [-0.25, -0.2) is 13.1 Å². The van der Waals surface area contributed by atoms with Gasteiger partial charge in [-0.3, -0.25) is 14.9 Å². The Labute approximate surface area is 148 Å². The van der Waals surface area contributed by atoms with E-state index in [4.69, 9.17) is 4.74 Å². The number of amides is 1. The number of nitrogens with zero attached hydrogens (tertiary/aromatic N) is 1. The number of rotatable bonds is 5. The van der Waals surface area contributed by atoms with Gasteiger partial charge >= 0.3 is 0 Å². The minimum absolute atomic E-state index is 0.0767. The Morgan fingerprint density at radius 1 is 1.23 bits per heavy atom. The van der Waals surface area contributed by atoms with Crippen LogP contribution < -0.4 is 20.1 Å². The summed E-state index contributed by atoms with van der Waals surface area (Å²) in [6.07, 6.45) is 0. The van der Waals surface area contributed by atoms with Crippen molar-refractivity contribution in [3.63, 3.8) is 0 Å². The molecule has 0 radical (unpaired) electrons. The van der Waals surface area contributed by atoms with E-state index in [0.29, 0.717) is 17.1 Å². The lowest BCUT2D eigenvalue weighted by Crippen LogP contribution is -2.25. The number of sulfonamides is 1. The molecule has 0 unspecified atom stereocenters. The largest absolute Gasteiger partial charge is 0.482 e. The zero-order valence-electron chi connectivity index (χ0n) is 13.5. The summed E-state index contributed by atoms with van der Waals surface area (Å²) >= 11 is 0. The van der Waals surface area contributed by atoms with Crippen LogP contribution in [0.1, 0.15) is 0 Å². The van der Waals surface area contributed by atoms with Gasteiger partial charge < -0.3 is 15.4 Å². The molecule has 0 aliphatic carbocycles. The van der Waals surface area contributed by atoms with Gasteiger partial charge in [-0.2, -0.15) is 0 Å². The first-order chi connectivity index (χ1) is 12.3. The highest BCUT2D eigenvalue weighted by atomic mass is 32.2. The normalized spacial score (nSPS) is 13.3.